The van der Waals surface area contributed by atoms with E-state index in [1.165, 1.54) is 6.42 Å². The van der Waals surface area contributed by atoms with Gasteiger partial charge in [0.1, 0.15) is 0 Å². The van der Waals surface area contributed by atoms with Gasteiger partial charge in [-0.05, 0) is 25.5 Å². The van der Waals surface area contributed by atoms with Gasteiger partial charge in [0, 0.05) is 44.1 Å². The maximum Gasteiger partial charge on any atom is 0.244 e. The second-order valence-corrected chi connectivity index (χ2v) is 7.20. The first-order valence-electron chi connectivity index (χ1n) is 6.73. The smallest absolute Gasteiger partial charge is 0.244 e. The molecule has 2 fully saturated rings. The first-order chi connectivity index (χ1) is 9.11. The summed E-state index contributed by atoms with van der Waals surface area (Å²) in [4.78, 5) is 5.64. The summed E-state index contributed by atoms with van der Waals surface area (Å²) in [6.45, 7) is 3.48. The molecule has 3 N–H and O–H groups in total. The molecule has 0 bridgehead atoms. The van der Waals surface area contributed by atoms with Crippen molar-refractivity contribution in [1.82, 2.24) is 14.2 Å². The Bertz CT molecular complexity index is 554. The van der Waals surface area contributed by atoms with Crippen molar-refractivity contribution >= 4 is 10.0 Å². The van der Waals surface area contributed by atoms with Crippen LogP contribution in [0.3, 0.4) is 0 Å². The van der Waals surface area contributed by atoms with Gasteiger partial charge in [-0.15, -0.1) is 0 Å². The monoisotopic (exact) mass is 284 g/mol. The highest BCUT2D eigenvalue weighted by molar-refractivity contribution is 7.89. The fourth-order valence-electron chi connectivity index (χ4n) is 3.02. The van der Waals surface area contributed by atoms with Gasteiger partial charge in [0.15, 0.2) is 0 Å². The van der Waals surface area contributed by atoms with Crippen LogP contribution in [0.1, 0.15) is 18.5 Å². The van der Waals surface area contributed by atoms with Gasteiger partial charge >= 0.3 is 0 Å². The van der Waals surface area contributed by atoms with Crippen LogP contribution in [0, 0.1) is 0 Å². The molecule has 106 valence electrons. The molecule has 6 nitrogen and oxygen atoms in total. The summed E-state index contributed by atoms with van der Waals surface area (Å²) in [6, 6.07) is 2.03. The van der Waals surface area contributed by atoms with E-state index in [0.29, 0.717) is 30.6 Å². The van der Waals surface area contributed by atoms with Crippen LogP contribution in [0.5, 0.6) is 0 Å². The zero-order valence-electron chi connectivity index (χ0n) is 10.9. The van der Waals surface area contributed by atoms with E-state index in [0.717, 1.165) is 25.2 Å². The van der Waals surface area contributed by atoms with Crippen molar-refractivity contribution in [1.29, 1.82) is 0 Å². The lowest BCUT2D eigenvalue weighted by Crippen LogP contribution is -2.51. The lowest BCUT2D eigenvalue weighted by Gasteiger charge is -2.36. The van der Waals surface area contributed by atoms with E-state index < -0.39 is 10.0 Å². The molecule has 1 unspecified atom stereocenters. The van der Waals surface area contributed by atoms with Gasteiger partial charge in [-0.1, -0.05) is 0 Å². The normalized spacial score (nSPS) is 25.6. The fraction of sp³-hybridized carbons (Fsp3) is 0.667. The van der Waals surface area contributed by atoms with Gasteiger partial charge < -0.3 is 10.7 Å². The molecule has 1 atom stereocenters. The Labute approximate surface area is 113 Å². The van der Waals surface area contributed by atoms with Gasteiger partial charge in [-0.3, -0.25) is 4.90 Å². The summed E-state index contributed by atoms with van der Waals surface area (Å²) in [5.74, 6) is 0. The summed E-state index contributed by atoms with van der Waals surface area (Å²) in [5, 5.41) is 0. The minimum Gasteiger partial charge on any atom is -0.363 e. The van der Waals surface area contributed by atoms with E-state index in [-0.39, 0.29) is 0 Å². The Hall–Kier alpha value is -0.890. The Kier molecular flexibility index (Phi) is 3.38. The van der Waals surface area contributed by atoms with Crippen LogP contribution in [0.2, 0.25) is 0 Å². The summed E-state index contributed by atoms with van der Waals surface area (Å²) in [5.41, 5.74) is 6.26. The number of hydrogen-bond donors (Lipinski definition) is 2. The fourth-order valence-corrected chi connectivity index (χ4v) is 4.50. The largest absolute Gasteiger partial charge is 0.363 e. The molecule has 3 rings (SSSR count). The highest BCUT2D eigenvalue weighted by Crippen LogP contribution is 2.25. The van der Waals surface area contributed by atoms with Crippen molar-refractivity contribution in [3.05, 3.63) is 18.0 Å². The molecule has 0 radical (unpaired) electrons. The quantitative estimate of drug-likeness (QED) is 0.815. The predicted molar refractivity (Wildman–Crippen MR) is 72.0 cm³/mol. The van der Waals surface area contributed by atoms with E-state index in [4.69, 9.17) is 5.73 Å². The highest BCUT2D eigenvalue weighted by atomic mass is 32.2. The van der Waals surface area contributed by atoms with Crippen LogP contribution in [0.25, 0.3) is 0 Å². The minimum absolute atomic E-state index is 0.325. The number of piperazine rings is 1. The maximum absolute atomic E-state index is 12.6. The Morgan fingerprint density at radius 2 is 2.21 bits per heavy atom. The highest BCUT2D eigenvalue weighted by Gasteiger charge is 2.36. The van der Waals surface area contributed by atoms with Gasteiger partial charge in [0.05, 0.1) is 4.90 Å². The topological polar surface area (TPSA) is 82.4 Å². The third-order valence-corrected chi connectivity index (χ3v) is 5.97. The van der Waals surface area contributed by atoms with Crippen molar-refractivity contribution in [3.63, 3.8) is 0 Å². The van der Waals surface area contributed by atoms with Crippen LogP contribution in [0.15, 0.2) is 17.2 Å². The molecular formula is C12H20N4O2S. The predicted octanol–water partition coefficient (Wildman–Crippen LogP) is -0.0579. The molecule has 0 amide bonds. The lowest BCUT2D eigenvalue weighted by molar-refractivity contribution is 0.158. The number of rotatable bonds is 3. The van der Waals surface area contributed by atoms with E-state index in [9.17, 15) is 8.42 Å². The molecular weight excluding hydrogens is 264 g/mol. The van der Waals surface area contributed by atoms with Crippen LogP contribution >= 0.6 is 0 Å². The first-order valence-corrected chi connectivity index (χ1v) is 8.17. The molecule has 19 heavy (non-hydrogen) atoms. The molecule has 0 aliphatic carbocycles. The molecule has 3 heterocycles. The molecule has 0 aromatic carbocycles. The summed E-state index contributed by atoms with van der Waals surface area (Å²) in [7, 11) is -3.37. The zero-order valence-corrected chi connectivity index (χ0v) is 11.7. The van der Waals surface area contributed by atoms with Gasteiger partial charge in [0.25, 0.3) is 0 Å². The molecule has 1 aromatic heterocycles. The number of hydrogen-bond acceptors (Lipinski definition) is 4. The average Bonchev–Trinajstić information content (AvgIpc) is 3.06. The molecule has 0 saturated carbocycles. The SMILES string of the molecule is NCc1cc(S(=O)(=O)N2CCN3CCCC3C2)c[nH]1. The van der Waals surface area contributed by atoms with Crippen molar-refractivity contribution in [2.75, 3.05) is 26.2 Å². The summed E-state index contributed by atoms with van der Waals surface area (Å²) >= 11 is 0. The van der Waals surface area contributed by atoms with E-state index in [2.05, 4.69) is 9.88 Å². The van der Waals surface area contributed by atoms with Gasteiger partial charge in [-0.2, -0.15) is 4.31 Å². The van der Waals surface area contributed by atoms with Crippen LogP contribution in [-0.4, -0.2) is 54.8 Å². The zero-order chi connectivity index (χ0) is 13.5. The minimum atomic E-state index is -3.37. The number of nitrogens with zero attached hydrogens (tertiary/aromatic N) is 2. The average molecular weight is 284 g/mol. The van der Waals surface area contributed by atoms with Crippen LogP contribution in [-0.2, 0) is 16.6 Å². The number of nitrogens with two attached hydrogens (primary N) is 1. The molecule has 2 aliphatic heterocycles. The third kappa shape index (κ3) is 2.31. The third-order valence-electron chi connectivity index (χ3n) is 4.12. The Balaban J connectivity index is 1.80. The number of H-pyrrole nitrogens is 1. The molecule has 1 aromatic rings. The number of nitrogens with one attached hydrogen (secondary N) is 1. The van der Waals surface area contributed by atoms with Crippen molar-refractivity contribution < 1.29 is 8.42 Å². The van der Waals surface area contributed by atoms with E-state index >= 15 is 0 Å². The number of sulfonamides is 1. The Morgan fingerprint density at radius 1 is 1.37 bits per heavy atom. The van der Waals surface area contributed by atoms with E-state index in [1.54, 1.807) is 16.6 Å². The van der Waals surface area contributed by atoms with E-state index in [1.807, 2.05) is 0 Å². The first kappa shape index (κ1) is 13.1. The standard InChI is InChI=1S/C12H20N4O2S/c13-7-10-6-12(8-14-10)19(17,18)16-5-4-15-3-1-2-11(15)9-16/h6,8,11,14H,1-5,7,9,13H2. The molecule has 0 spiro atoms. The molecule has 2 aliphatic rings. The second-order valence-electron chi connectivity index (χ2n) is 5.26. The number of aromatic amines is 1. The Morgan fingerprint density at radius 3 is 2.95 bits per heavy atom. The van der Waals surface area contributed by atoms with Crippen molar-refractivity contribution in [2.45, 2.75) is 30.3 Å². The van der Waals surface area contributed by atoms with Gasteiger partial charge in [-0.25, -0.2) is 8.42 Å². The number of fused-ring (bicyclic) bond motifs is 1. The van der Waals surface area contributed by atoms with Crippen molar-refractivity contribution in [3.8, 4) is 0 Å². The van der Waals surface area contributed by atoms with Gasteiger partial charge in [0.2, 0.25) is 10.0 Å². The van der Waals surface area contributed by atoms with Crippen molar-refractivity contribution in [2.24, 2.45) is 5.73 Å². The number of aromatic nitrogens is 1. The molecule has 2 saturated heterocycles. The molecule has 7 heteroatoms. The van der Waals surface area contributed by atoms with Crippen LogP contribution in [0.4, 0.5) is 0 Å². The maximum atomic E-state index is 12.6. The van der Waals surface area contributed by atoms with Crippen LogP contribution < -0.4 is 5.73 Å². The second kappa shape index (κ2) is 4.90. The lowest BCUT2D eigenvalue weighted by atomic mass is 10.2. The summed E-state index contributed by atoms with van der Waals surface area (Å²) < 4.78 is 26.7. The summed E-state index contributed by atoms with van der Waals surface area (Å²) in [6.07, 6.45) is 3.83.